The smallest absolute Gasteiger partial charge is 0.345 e. The summed E-state index contributed by atoms with van der Waals surface area (Å²) in [4.78, 5) is 37.2. The fourth-order valence-corrected chi connectivity index (χ4v) is 8.42. The largest absolute Gasteiger partial charge is 0.496 e. The Bertz CT molecular complexity index is 2500. The van der Waals surface area contributed by atoms with Crippen LogP contribution in [0.4, 0.5) is 0 Å². The van der Waals surface area contributed by atoms with Gasteiger partial charge in [-0.25, -0.2) is 24.7 Å². The summed E-state index contributed by atoms with van der Waals surface area (Å²) in [6, 6.07) is 20.4. The van der Waals surface area contributed by atoms with Crippen molar-refractivity contribution in [1.82, 2.24) is 29.7 Å². The Labute approximate surface area is 352 Å². The highest BCUT2D eigenvalue weighted by atomic mass is 35.5. The molecule has 304 valence electrons. The van der Waals surface area contributed by atoms with E-state index in [1.165, 1.54) is 17.7 Å². The van der Waals surface area contributed by atoms with E-state index >= 15 is 0 Å². The number of hydrogen-bond donors (Lipinski definition) is 1. The molecule has 3 aromatic heterocycles. The Hall–Kier alpha value is -5.78. The van der Waals surface area contributed by atoms with Gasteiger partial charge in [0.1, 0.15) is 41.6 Å². The fourth-order valence-electron chi connectivity index (χ4n) is 7.02. The number of ether oxygens (including phenoxy) is 4. The number of hydrogen-bond acceptors (Lipinski definition) is 12. The number of likely N-dealkylation sites (N-methyl/N-ethyl adjacent to an activating group) is 1. The van der Waals surface area contributed by atoms with Crippen LogP contribution >= 0.6 is 22.9 Å². The highest BCUT2D eigenvalue weighted by Crippen LogP contribution is 2.46. The number of rotatable bonds is 16. The summed E-state index contributed by atoms with van der Waals surface area (Å²) >= 11 is 8.49. The molecule has 0 spiro atoms. The molecule has 0 bridgehead atoms. The molecule has 1 fully saturated rings. The number of carboxylic acids is 1. The van der Waals surface area contributed by atoms with Crippen molar-refractivity contribution in [3.05, 3.63) is 106 Å². The van der Waals surface area contributed by atoms with Gasteiger partial charge >= 0.3 is 5.97 Å². The standard InChI is InChI=1S/C45H45ClN6O6S/c1-5-11-38-39(32-16-17-36(41(46)31(32)6-2)56-25-24-52-22-20-51(3)21-23-52)40-43(48-28-49-44(40)59-38)58-37(45(53)54)26-29-12-7-9-14-34(29)57-27-30-18-19-47-42(50-30)33-13-8-10-15-35(33)55-4/h7-10,12-19,28,37H,6,20-27H2,1-4H3,(H,53,54). The molecule has 1 unspecified atom stereocenters. The fraction of sp³-hybridized carbons (Fsp3) is 0.311. The quantitative estimate of drug-likeness (QED) is 0.0960. The predicted octanol–water partition coefficient (Wildman–Crippen LogP) is 7.69. The summed E-state index contributed by atoms with van der Waals surface area (Å²) in [6.07, 6.45) is 2.31. The predicted molar refractivity (Wildman–Crippen MR) is 230 cm³/mol. The molecule has 7 rings (SSSR count). The molecule has 0 saturated carbocycles. The number of fused-ring (bicyclic) bond motifs is 1. The normalized spacial score (nSPS) is 13.7. The van der Waals surface area contributed by atoms with Crippen LogP contribution in [0.25, 0.3) is 32.7 Å². The van der Waals surface area contributed by atoms with Crippen molar-refractivity contribution in [3.63, 3.8) is 0 Å². The Morgan fingerprint density at radius 2 is 1.73 bits per heavy atom. The van der Waals surface area contributed by atoms with Gasteiger partial charge in [0.15, 0.2) is 5.82 Å². The van der Waals surface area contributed by atoms with Gasteiger partial charge in [-0.15, -0.1) is 17.3 Å². The van der Waals surface area contributed by atoms with Crippen molar-refractivity contribution in [1.29, 1.82) is 0 Å². The Kier molecular flexibility index (Phi) is 13.5. The molecule has 12 nitrogen and oxygen atoms in total. The monoisotopic (exact) mass is 832 g/mol. The van der Waals surface area contributed by atoms with Crippen LogP contribution in [0.2, 0.25) is 5.02 Å². The van der Waals surface area contributed by atoms with Gasteiger partial charge in [-0.2, -0.15) is 0 Å². The lowest BCUT2D eigenvalue weighted by Gasteiger charge is -2.32. The lowest BCUT2D eigenvalue weighted by atomic mass is 9.96. The molecular formula is C45H45ClN6O6S. The minimum Gasteiger partial charge on any atom is -0.496 e. The van der Waals surface area contributed by atoms with Crippen molar-refractivity contribution < 1.29 is 28.8 Å². The average molecular weight is 833 g/mol. The van der Waals surface area contributed by atoms with Crippen LogP contribution in [0.5, 0.6) is 23.1 Å². The first-order chi connectivity index (χ1) is 28.8. The highest BCUT2D eigenvalue weighted by Gasteiger charge is 2.28. The van der Waals surface area contributed by atoms with Gasteiger partial charge in [0.05, 0.1) is 33.7 Å². The minimum absolute atomic E-state index is 0.0134. The van der Waals surface area contributed by atoms with Crippen LogP contribution < -0.4 is 18.9 Å². The zero-order valence-electron chi connectivity index (χ0n) is 33.4. The number of thiophene rings is 1. The summed E-state index contributed by atoms with van der Waals surface area (Å²) in [6.45, 7) is 9.34. The van der Waals surface area contributed by atoms with E-state index in [9.17, 15) is 9.90 Å². The molecule has 14 heteroatoms. The molecule has 1 atom stereocenters. The number of para-hydroxylation sites is 2. The molecule has 1 N–H and O–H groups in total. The number of aromatic nitrogens is 4. The minimum atomic E-state index is -1.33. The van der Waals surface area contributed by atoms with Crippen molar-refractivity contribution in [2.24, 2.45) is 0 Å². The lowest BCUT2D eigenvalue weighted by Crippen LogP contribution is -2.45. The van der Waals surface area contributed by atoms with E-state index in [2.05, 4.69) is 43.6 Å². The lowest BCUT2D eigenvalue weighted by molar-refractivity contribution is -0.145. The molecule has 6 aromatic rings. The molecule has 0 radical (unpaired) electrons. The van der Waals surface area contributed by atoms with Crippen LogP contribution in [0, 0.1) is 11.8 Å². The van der Waals surface area contributed by atoms with Crippen LogP contribution in [0.15, 0.2) is 79.3 Å². The van der Waals surface area contributed by atoms with Gasteiger partial charge in [0, 0.05) is 50.9 Å². The maximum Gasteiger partial charge on any atom is 0.345 e. The maximum atomic E-state index is 12.9. The summed E-state index contributed by atoms with van der Waals surface area (Å²) < 4.78 is 24.3. The van der Waals surface area contributed by atoms with E-state index in [0.29, 0.717) is 62.6 Å². The Morgan fingerprint density at radius 3 is 2.49 bits per heavy atom. The van der Waals surface area contributed by atoms with Crippen LogP contribution in [-0.2, 0) is 24.2 Å². The number of carbonyl (C=O) groups is 1. The van der Waals surface area contributed by atoms with E-state index in [1.54, 1.807) is 32.4 Å². The first-order valence-corrected chi connectivity index (χ1v) is 20.6. The number of carboxylic acid groups (broad SMARTS) is 1. The maximum absolute atomic E-state index is 12.9. The van der Waals surface area contributed by atoms with Crippen molar-refractivity contribution in [2.75, 3.05) is 53.5 Å². The van der Waals surface area contributed by atoms with E-state index in [1.807, 2.05) is 61.5 Å². The molecule has 0 aliphatic carbocycles. The summed E-state index contributed by atoms with van der Waals surface area (Å²) in [7, 11) is 3.74. The Balaban J connectivity index is 1.14. The number of piperazine rings is 1. The first-order valence-electron chi connectivity index (χ1n) is 19.4. The topological polar surface area (TPSA) is 132 Å². The van der Waals surface area contributed by atoms with Crippen molar-refractivity contribution in [3.8, 4) is 57.5 Å². The van der Waals surface area contributed by atoms with E-state index < -0.39 is 12.1 Å². The number of aliphatic carboxylic acids is 1. The molecule has 4 heterocycles. The third-order valence-corrected chi connectivity index (χ3v) is 11.6. The Morgan fingerprint density at radius 1 is 0.949 bits per heavy atom. The molecule has 1 aliphatic heterocycles. The van der Waals surface area contributed by atoms with Crippen LogP contribution in [0.1, 0.15) is 35.5 Å². The summed E-state index contributed by atoms with van der Waals surface area (Å²) in [5, 5.41) is 11.6. The second-order valence-corrected chi connectivity index (χ2v) is 15.3. The van der Waals surface area contributed by atoms with E-state index in [0.717, 1.165) is 59.9 Å². The van der Waals surface area contributed by atoms with Crippen LogP contribution in [-0.4, -0.2) is 100 Å². The van der Waals surface area contributed by atoms with Gasteiger partial charge < -0.3 is 29.0 Å². The third-order valence-electron chi connectivity index (χ3n) is 10.1. The van der Waals surface area contributed by atoms with Gasteiger partial charge in [-0.1, -0.05) is 60.8 Å². The molecule has 3 aromatic carbocycles. The first kappa shape index (κ1) is 41.4. The zero-order valence-corrected chi connectivity index (χ0v) is 35.0. The second-order valence-electron chi connectivity index (χ2n) is 13.9. The van der Waals surface area contributed by atoms with Crippen molar-refractivity contribution in [2.45, 2.75) is 39.4 Å². The van der Waals surface area contributed by atoms with Gasteiger partial charge in [-0.05, 0) is 67.4 Å². The number of halogens is 1. The van der Waals surface area contributed by atoms with Gasteiger partial charge in [0.2, 0.25) is 12.0 Å². The average Bonchev–Trinajstić information content (AvgIpc) is 3.63. The van der Waals surface area contributed by atoms with Gasteiger partial charge in [-0.3, -0.25) is 4.90 Å². The van der Waals surface area contributed by atoms with Crippen molar-refractivity contribution >= 4 is 39.1 Å². The third kappa shape index (κ3) is 9.58. The SMILES string of the molecule is CC#Cc1sc2ncnc(OC(Cc3ccccc3OCc3ccnc(-c4ccccc4OC)n3)C(=O)O)c2c1-c1ccc(OCCN2CCN(C)CC2)c(Cl)c1CC. The van der Waals surface area contributed by atoms with E-state index in [-0.39, 0.29) is 18.9 Å². The zero-order chi connectivity index (χ0) is 41.3. The van der Waals surface area contributed by atoms with Crippen LogP contribution in [0.3, 0.4) is 0 Å². The molecular weight excluding hydrogens is 788 g/mol. The van der Waals surface area contributed by atoms with Gasteiger partial charge in [0.25, 0.3) is 0 Å². The highest BCUT2D eigenvalue weighted by molar-refractivity contribution is 7.19. The van der Waals surface area contributed by atoms with E-state index in [4.69, 9.17) is 35.5 Å². The number of methoxy groups -OCH3 is 1. The summed E-state index contributed by atoms with van der Waals surface area (Å²) in [5.41, 5.74) is 4.47. The molecule has 0 amide bonds. The molecule has 59 heavy (non-hydrogen) atoms. The number of nitrogens with zero attached hydrogens (tertiary/aromatic N) is 6. The number of benzene rings is 3. The molecule has 1 saturated heterocycles. The molecule has 1 aliphatic rings. The second kappa shape index (κ2) is 19.3. The summed E-state index contributed by atoms with van der Waals surface area (Å²) in [5.74, 6) is 7.49.